The van der Waals surface area contributed by atoms with Crippen LogP contribution in [0.25, 0.3) is 6.08 Å². The largest absolute Gasteiger partial charge is 0.487 e. The van der Waals surface area contributed by atoms with E-state index in [0.29, 0.717) is 18.6 Å². The van der Waals surface area contributed by atoms with Gasteiger partial charge in [0.05, 0.1) is 6.04 Å². The lowest BCUT2D eigenvalue weighted by molar-refractivity contribution is -0.136. The van der Waals surface area contributed by atoms with Gasteiger partial charge in [-0.05, 0) is 68.1 Å². The van der Waals surface area contributed by atoms with Gasteiger partial charge in [-0.15, -0.1) is 0 Å². The molecule has 0 radical (unpaired) electrons. The van der Waals surface area contributed by atoms with Gasteiger partial charge in [0.25, 0.3) is 0 Å². The summed E-state index contributed by atoms with van der Waals surface area (Å²) in [5.74, 6) is -0.446. The Labute approximate surface area is 232 Å². The molecule has 2 heterocycles. The standard InChI is InChI=1S/C31H42N4O4/c1-20(2)18-25-29(36)32-17-16-22-12-14-24(15-13-22)39-28(21(3)4)27(31(38)33-25)34-30(37)26(35(5)6)19-23-10-8-7-9-11-23/h7-17,20-21,25-28H,18-19H2,1-6H3,(H,32,36)(H,33,38)(H,34,37)/b17-16+/t25-,26+,27+,28-/m0/s1. The van der Waals surface area contributed by atoms with Crippen molar-refractivity contribution in [2.45, 2.75) is 64.8 Å². The van der Waals surface area contributed by atoms with E-state index in [1.165, 1.54) is 0 Å². The summed E-state index contributed by atoms with van der Waals surface area (Å²) in [5, 5.41) is 8.70. The third-order valence-corrected chi connectivity index (χ3v) is 6.76. The highest BCUT2D eigenvalue weighted by molar-refractivity contribution is 5.94. The summed E-state index contributed by atoms with van der Waals surface area (Å²) < 4.78 is 6.35. The molecule has 0 saturated heterocycles. The maximum Gasteiger partial charge on any atom is 0.247 e. The topological polar surface area (TPSA) is 99.8 Å². The Morgan fingerprint density at radius 3 is 2.23 bits per heavy atom. The SMILES string of the molecule is CC(C)C[C@@H]1NC(=O)[C@H](NC(=O)[C@@H](Cc2ccccc2)N(C)C)[C@H](C(C)C)Oc2ccc(cc2)/C=C/NC1=O. The van der Waals surface area contributed by atoms with Crippen LogP contribution in [0.5, 0.6) is 5.75 Å². The molecule has 0 fully saturated rings. The van der Waals surface area contributed by atoms with Crippen molar-refractivity contribution in [3.63, 3.8) is 0 Å². The van der Waals surface area contributed by atoms with E-state index in [4.69, 9.17) is 4.74 Å². The van der Waals surface area contributed by atoms with Crippen molar-refractivity contribution in [3.05, 3.63) is 71.9 Å². The minimum atomic E-state index is -1.03. The van der Waals surface area contributed by atoms with Crippen molar-refractivity contribution in [2.24, 2.45) is 11.8 Å². The van der Waals surface area contributed by atoms with Crippen LogP contribution in [0.1, 0.15) is 45.2 Å². The van der Waals surface area contributed by atoms with Crippen molar-refractivity contribution >= 4 is 23.8 Å². The van der Waals surface area contributed by atoms with Crippen LogP contribution in [-0.4, -0.2) is 60.9 Å². The summed E-state index contributed by atoms with van der Waals surface area (Å²) >= 11 is 0. The Balaban J connectivity index is 1.98. The molecular weight excluding hydrogens is 492 g/mol. The molecule has 4 rings (SSSR count). The maximum absolute atomic E-state index is 13.9. The molecule has 0 unspecified atom stereocenters. The third-order valence-electron chi connectivity index (χ3n) is 6.76. The van der Waals surface area contributed by atoms with Crippen LogP contribution in [0.2, 0.25) is 0 Å². The monoisotopic (exact) mass is 534 g/mol. The molecule has 3 N–H and O–H groups in total. The van der Waals surface area contributed by atoms with E-state index in [-0.39, 0.29) is 23.7 Å². The molecule has 2 aliphatic heterocycles. The molecule has 2 aliphatic rings. The quantitative estimate of drug-likeness (QED) is 0.482. The number of nitrogens with zero attached hydrogens (tertiary/aromatic N) is 1. The maximum atomic E-state index is 13.9. The number of hydrogen-bond acceptors (Lipinski definition) is 5. The first-order valence-corrected chi connectivity index (χ1v) is 13.6. The van der Waals surface area contributed by atoms with Gasteiger partial charge in [-0.1, -0.05) is 70.2 Å². The molecule has 8 heteroatoms. The highest BCUT2D eigenvalue weighted by atomic mass is 16.5. The Hall–Kier alpha value is -3.65. The molecule has 2 bridgehead atoms. The molecule has 210 valence electrons. The molecule has 0 saturated carbocycles. The molecular formula is C31H42N4O4. The summed E-state index contributed by atoms with van der Waals surface area (Å²) in [5.41, 5.74) is 1.91. The van der Waals surface area contributed by atoms with Crippen LogP contribution >= 0.6 is 0 Å². The fourth-order valence-electron chi connectivity index (χ4n) is 4.58. The fourth-order valence-corrected chi connectivity index (χ4v) is 4.58. The number of nitrogens with one attached hydrogen (secondary N) is 3. The van der Waals surface area contributed by atoms with E-state index in [9.17, 15) is 14.4 Å². The van der Waals surface area contributed by atoms with E-state index >= 15 is 0 Å². The van der Waals surface area contributed by atoms with Gasteiger partial charge in [0.2, 0.25) is 17.7 Å². The minimum Gasteiger partial charge on any atom is -0.487 e. The molecule has 0 aliphatic carbocycles. The van der Waals surface area contributed by atoms with Crippen LogP contribution in [0, 0.1) is 11.8 Å². The zero-order valence-electron chi connectivity index (χ0n) is 23.8. The van der Waals surface area contributed by atoms with Gasteiger partial charge < -0.3 is 20.7 Å². The van der Waals surface area contributed by atoms with Crippen LogP contribution < -0.4 is 20.7 Å². The smallest absolute Gasteiger partial charge is 0.247 e. The van der Waals surface area contributed by atoms with E-state index in [1.54, 1.807) is 12.3 Å². The van der Waals surface area contributed by atoms with E-state index in [0.717, 1.165) is 11.1 Å². The lowest BCUT2D eigenvalue weighted by Crippen LogP contribution is -2.62. The third kappa shape index (κ3) is 8.68. The van der Waals surface area contributed by atoms with Crippen molar-refractivity contribution in [3.8, 4) is 5.75 Å². The summed E-state index contributed by atoms with van der Waals surface area (Å²) in [7, 11) is 3.69. The number of carbonyl (C=O) groups excluding carboxylic acids is 3. The van der Waals surface area contributed by atoms with Crippen molar-refractivity contribution in [1.82, 2.24) is 20.9 Å². The van der Waals surface area contributed by atoms with E-state index in [1.807, 2.05) is 101 Å². The number of likely N-dealkylation sites (N-methyl/N-ethyl adjacent to an activating group) is 1. The van der Waals surface area contributed by atoms with Crippen LogP contribution in [0.15, 0.2) is 60.8 Å². The van der Waals surface area contributed by atoms with Gasteiger partial charge in [-0.2, -0.15) is 0 Å². The Morgan fingerprint density at radius 1 is 0.974 bits per heavy atom. The molecule has 39 heavy (non-hydrogen) atoms. The van der Waals surface area contributed by atoms with Crippen molar-refractivity contribution in [2.75, 3.05) is 14.1 Å². The van der Waals surface area contributed by atoms with E-state index in [2.05, 4.69) is 16.0 Å². The fraction of sp³-hybridized carbons (Fsp3) is 0.452. The number of benzene rings is 2. The first-order valence-electron chi connectivity index (χ1n) is 13.6. The molecule has 8 nitrogen and oxygen atoms in total. The number of hydrogen-bond donors (Lipinski definition) is 3. The second-order valence-corrected chi connectivity index (χ2v) is 11.1. The van der Waals surface area contributed by atoms with Crippen molar-refractivity contribution < 1.29 is 19.1 Å². The molecule has 0 aromatic heterocycles. The van der Waals surface area contributed by atoms with Crippen LogP contribution in [0.4, 0.5) is 0 Å². The highest BCUT2D eigenvalue weighted by Gasteiger charge is 2.38. The summed E-state index contributed by atoms with van der Waals surface area (Å²) in [4.78, 5) is 42.5. The van der Waals surface area contributed by atoms with Gasteiger partial charge in [-0.25, -0.2) is 0 Å². The average molecular weight is 535 g/mol. The highest BCUT2D eigenvalue weighted by Crippen LogP contribution is 2.21. The predicted molar refractivity (Wildman–Crippen MR) is 154 cm³/mol. The summed E-state index contributed by atoms with van der Waals surface area (Å²) in [6.07, 6.45) is 3.61. The molecule has 4 atom stereocenters. The zero-order chi connectivity index (χ0) is 28.5. The minimum absolute atomic E-state index is 0.127. The van der Waals surface area contributed by atoms with Crippen molar-refractivity contribution in [1.29, 1.82) is 0 Å². The van der Waals surface area contributed by atoms with Crippen LogP contribution in [-0.2, 0) is 20.8 Å². The normalized spacial score (nSPS) is 21.6. The van der Waals surface area contributed by atoms with Gasteiger partial charge in [0.15, 0.2) is 0 Å². The second kappa shape index (κ2) is 13.9. The number of ether oxygens (including phenoxy) is 1. The first-order chi connectivity index (χ1) is 18.5. The first kappa shape index (κ1) is 29.9. The molecule has 3 amide bonds. The number of fused-ring (bicyclic) bond motifs is 10. The number of carbonyl (C=O) groups is 3. The van der Waals surface area contributed by atoms with Gasteiger partial charge in [-0.3, -0.25) is 19.3 Å². The Kier molecular flexibility index (Phi) is 10.7. The Bertz CT molecular complexity index is 1130. The van der Waals surface area contributed by atoms with Gasteiger partial charge in [0, 0.05) is 6.20 Å². The van der Waals surface area contributed by atoms with Gasteiger partial charge >= 0.3 is 0 Å². The van der Waals surface area contributed by atoms with Gasteiger partial charge in [0.1, 0.15) is 23.9 Å². The number of rotatable bonds is 8. The predicted octanol–water partition coefficient (Wildman–Crippen LogP) is 3.38. The Morgan fingerprint density at radius 2 is 1.64 bits per heavy atom. The molecule has 2 aromatic rings. The zero-order valence-corrected chi connectivity index (χ0v) is 23.8. The summed E-state index contributed by atoms with van der Waals surface area (Å²) in [6, 6.07) is 14.8. The second-order valence-electron chi connectivity index (χ2n) is 11.1. The average Bonchev–Trinajstić information content (AvgIpc) is 2.89. The number of amides is 3. The molecule has 2 aromatic carbocycles. The van der Waals surface area contributed by atoms with E-state index < -0.39 is 30.1 Å². The summed E-state index contributed by atoms with van der Waals surface area (Å²) in [6.45, 7) is 7.88. The molecule has 0 spiro atoms. The lowest BCUT2D eigenvalue weighted by Gasteiger charge is -2.34. The lowest BCUT2D eigenvalue weighted by atomic mass is 9.96. The van der Waals surface area contributed by atoms with Crippen LogP contribution in [0.3, 0.4) is 0 Å².